The Bertz CT molecular complexity index is 268. The van der Waals surface area contributed by atoms with Crippen LogP contribution in [0.4, 0.5) is 0 Å². The number of alkyl halides is 1. The smallest absolute Gasteiger partial charge is 0.0418 e. The highest BCUT2D eigenvalue weighted by molar-refractivity contribution is 6.20. The van der Waals surface area contributed by atoms with Crippen LogP contribution < -0.4 is 0 Å². The van der Waals surface area contributed by atoms with Gasteiger partial charge < -0.3 is 0 Å². The summed E-state index contributed by atoms with van der Waals surface area (Å²) in [6.07, 6.45) is 7.68. The number of aryl methyl sites for hydroxylation is 1. The van der Waals surface area contributed by atoms with Crippen molar-refractivity contribution in [3.8, 4) is 0 Å². The van der Waals surface area contributed by atoms with Gasteiger partial charge in [-0.15, -0.1) is 11.6 Å². The lowest BCUT2D eigenvalue weighted by atomic mass is 10.1. The molecule has 84 valence electrons. The van der Waals surface area contributed by atoms with Crippen molar-refractivity contribution in [3.63, 3.8) is 0 Å². The zero-order valence-corrected chi connectivity index (χ0v) is 10.4. The number of aromatic nitrogens is 1. The lowest BCUT2D eigenvalue weighted by Gasteiger charge is -2.08. The molecule has 0 saturated heterocycles. The maximum absolute atomic E-state index is 6.25. The van der Waals surface area contributed by atoms with Gasteiger partial charge in [-0.05, 0) is 25.0 Å². The summed E-state index contributed by atoms with van der Waals surface area (Å²) in [4.78, 5) is 4.36. The van der Waals surface area contributed by atoms with E-state index in [9.17, 15) is 0 Å². The summed E-state index contributed by atoms with van der Waals surface area (Å²) < 4.78 is 0. The number of nitrogens with zero attached hydrogens (tertiary/aromatic N) is 1. The predicted molar refractivity (Wildman–Crippen MR) is 66.5 cm³/mol. The van der Waals surface area contributed by atoms with E-state index in [-0.39, 0.29) is 5.38 Å². The van der Waals surface area contributed by atoms with Crippen LogP contribution in [0.1, 0.15) is 43.9 Å². The van der Waals surface area contributed by atoms with Crippen LogP contribution in [0, 0.1) is 6.92 Å². The van der Waals surface area contributed by atoms with Crippen LogP contribution >= 0.6 is 11.6 Å². The monoisotopic (exact) mass is 225 g/mol. The minimum absolute atomic E-state index is 0.242. The highest BCUT2D eigenvalue weighted by atomic mass is 35.5. The summed E-state index contributed by atoms with van der Waals surface area (Å²) >= 11 is 6.25. The average Bonchev–Trinajstić information content (AvgIpc) is 2.22. The second-order valence-corrected chi connectivity index (χ2v) is 4.74. The molecule has 0 radical (unpaired) electrons. The summed E-state index contributed by atoms with van der Waals surface area (Å²) in [5.74, 6) is 0. The quantitative estimate of drug-likeness (QED) is 0.524. The molecule has 1 unspecified atom stereocenters. The number of hydrogen-bond acceptors (Lipinski definition) is 1. The van der Waals surface area contributed by atoms with E-state index in [1.807, 2.05) is 6.20 Å². The zero-order valence-electron chi connectivity index (χ0n) is 9.67. The van der Waals surface area contributed by atoms with E-state index in [1.54, 1.807) is 0 Å². The van der Waals surface area contributed by atoms with E-state index in [0.29, 0.717) is 0 Å². The first-order valence-electron chi connectivity index (χ1n) is 5.78. The fourth-order valence-electron chi connectivity index (χ4n) is 1.56. The molecule has 1 heterocycles. The molecule has 0 saturated carbocycles. The van der Waals surface area contributed by atoms with Gasteiger partial charge in [0.05, 0.1) is 0 Å². The molecule has 0 bridgehead atoms. The van der Waals surface area contributed by atoms with Crippen molar-refractivity contribution in [2.24, 2.45) is 0 Å². The molecule has 1 nitrogen and oxygen atoms in total. The first-order chi connectivity index (χ1) is 7.22. The molecule has 0 aliphatic carbocycles. The Morgan fingerprint density at radius 2 is 2.13 bits per heavy atom. The first kappa shape index (κ1) is 12.5. The zero-order chi connectivity index (χ0) is 11.1. The van der Waals surface area contributed by atoms with E-state index in [0.717, 1.165) is 18.5 Å². The van der Waals surface area contributed by atoms with Crippen LogP contribution in [0.15, 0.2) is 18.3 Å². The van der Waals surface area contributed by atoms with Gasteiger partial charge in [0.1, 0.15) is 0 Å². The van der Waals surface area contributed by atoms with Crippen LogP contribution in [0.2, 0.25) is 0 Å². The molecule has 0 fully saturated rings. The van der Waals surface area contributed by atoms with Gasteiger partial charge in [-0.2, -0.15) is 0 Å². The molecule has 1 atom stereocenters. The summed E-state index contributed by atoms with van der Waals surface area (Å²) in [5, 5.41) is 0.242. The lowest BCUT2D eigenvalue weighted by molar-refractivity contribution is 0.634. The molecule has 0 N–H and O–H groups in total. The Balaban J connectivity index is 2.31. The second-order valence-electron chi connectivity index (χ2n) is 4.12. The average molecular weight is 226 g/mol. The van der Waals surface area contributed by atoms with Crippen LogP contribution in [0.25, 0.3) is 0 Å². The molecule has 0 amide bonds. The molecular weight excluding hydrogens is 206 g/mol. The molecule has 0 spiro atoms. The topological polar surface area (TPSA) is 12.9 Å². The minimum Gasteiger partial charge on any atom is -0.261 e. The predicted octanol–water partition coefficient (Wildman–Crippen LogP) is 4.12. The Morgan fingerprint density at radius 1 is 1.33 bits per heavy atom. The van der Waals surface area contributed by atoms with Crippen molar-refractivity contribution < 1.29 is 0 Å². The van der Waals surface area contributed by atoms with Crippen molar-refractivity contribution in [2.75, 3.05) is 0 Å². The van der Waals surface area contributed by atoms with Crippen LogP contribution in [-0.2, 0) is 6.42 Å². The molecule has 1 aromatic heterocycles. The number of pyridine rings is 1. The molecule has 1 rings (SSSR count). The Morgan fingerprint density at radius 3 is 2.73 bits per heavy atom. The summed E-state index contributed by atoms with van der Waals surface area (Å²) in [7, 11) is 0. The fraction of sp³-hybridized carbons (Fsp3) is 0.615. The van der Waals surface area contributed by atoms with Gasteiger partial charge in [0, 0.05) is 23.7 Å². The lowest BCUT2D eigenvalue weighted by Crippen LogP contribution is -2.04. The summed E-state index contributed by atoms with van der Waals surface area (Å²) in [6.45, 7) is 4.26. The SMILES string of the molecule is CCCCCC(Cl)Cc1ccc(C)cn1. The third-order valence-corrected chi connectivity index (χ3v) is 2.90. The molecule has 0 aliphatic heterocycles. The third-order valence-electron chi connectivity index (χ3n) is 2.52. The highest BCUT2D eigenvalue weighted by Gasteiger charge is 2.06. The van der Waals surface area contributed by atoms with Gasteiger partial charge in [-0.1, -0.05) is 32.3 Å². The number of unbranched alkanes of at least 4 members (excludes halogenated alkanes) is 2. The van der Waals surface area contributed by atoms with Gasteiger partial charge in [0.25, 0.3) is 0 Å². The van der Waals surface area contributed by atoms with Crippen molar-refractivity contribution in [1.29, 1.82) is 0 Å². The number of halogens is 1. The van der Waals surface area contributed by atoms with E-state index >= 15 is 0 Å². The molecular formula is C13H20ClN. The number of hydrogen-bond donors (Lipinski definition) is 0. The summed E-state index contributed by atoms with van der Waals surface area (Å²) in [5.41, 5.74) is 2.31. The fourth-order valence-corrected chi connectivity index (χ4v) is 1.88. The van der Waals surface area contributed by atoms with Crippen LogP contribution in [0.5, 0.6) is 0 Å². The number of rotatable bonds is 6. The Kier molecular flexibility index (Phi) is 5.70. The minimum atomic E-state index is 0.242. The van der Waals surface area contributed by atoms with Crippen molar-refractivity contribution in [1.82, 2.24) is 4.98 Å². The van der Waals surface area contributed by atoms with E-state index in [1.165, 1.54) is 24.8 Å². The largest absolute Gasteiger partial charge is 0.261 e. The van der Waals surface area contributed by atoms with E-state index < -0.39 is 0 Å². The van der Waals surface area contributed by atoms with Crippen molar-refractivity contribution >= 4 is 11.6 Å². The standard InChI is InChI=1S/C13H20ClN/c1-3-4-5-6-12(14)9-13-8-7-11(2)10-15-13/h7-8,10,12H,3-6,9H2,1-2H3. The summed E-state index contributed by atoms with van der Waals surface area (Å²) in [6, 6.07) is 4.17. The molecule has 0 aliphatic rings. The second kappa shape index (κ2) is 6.84. The van der Waals surface area contributed by atoms with E-state index in [4.69, 9.17) is 11.6 Å². The van der Waals surface area contributed by atoms with E-state index in [2.05, 4.69) is 31.0 Å². The van der Waals surface area contributed by atoms with Crippen LogP contribution in [0.3, 0.4) is 0 Å². The van der Waals surface area contributed by atoms with Gasteiger partial charge in [0.15, 0.2) is 0 Å². The van der Waals surface area contributed by atoms with Crippen molar-refractivity contribution in [3.05, 3.63) is 29.6 Å². The molecule has 2 heteroatoms. The maximum atomic E-state index is 6.25. The Labute approximate surface area is 97.9 Å². The van der Waals surface area contributed by atoms with Gasteiger partial charge in [0.2, 0.25) is 0 Å². The highest BCUT2D eigenvalue weighted by Crippen LogP contribution is 2.13. The Hall–Kier alpha value is -0.560. The van der Waals surface area contributed by atoms with Gasteiger partial charge in [-0.25, -0.2) is 0 Å². The third kappa shape index (κ3) is 5.17. The molecule has 0 aromatic carbocycles. The molecule has 15 heavy (non-hydrogen) atoms. The van der Waals surface area contributed by atoms with Gasteiger partial charge >= 0.3 is 0 Å². The van der Waals surface area contributed by atoms with Crippen molar-refractivity contribution in [2.45, 2.75) is 51.3 Å². The molecule has 1 aromatic rings. The first-order valence-corrected chi connectivity index (χ1v) is 6.21. The van der Waals surface area contributed by atoms with Crippen LogP contribution in [-0.4, -0.2) is 10.4 Å². The maximum Gasteiger partial charge on any atom is 0.0418 e. The normalized spacial score (nSPS) is 12.7. The van der Waals surface area contributed by atoms with Gasteiger partial charge in [-0.3, -0.25) is 4.98 Å².